The zero-order valence-electron chi connectivity index (χ0n) is 12.6. The van der Waals surface area contributed by atoms with Crippen molar-refractivity contribution in [2.24, 2.45) is 5.73 Å². The minimum Gasteiger partial charge on any atom is -0.451 e. The van der Waals surface area contributed by atoms with Gasteiger partial charge in [-0.05, 0) is 35.7 Å². The molecule has 0 bridgehead atoms. The van der Waals surface area contributed by atoms with Crippen molar-refractivity contribution >= 4 is 34.8 Å². The molecular weight excluding hydrogens is 335 g/mol. The largest absolute Gasteiger partial charge is 0.451 e. The normalized spacial score (nSPS) is 10.2. The van der Waals surface area contributed by atoms with Gasteiger partial charge in [0.1, 0.15) is 10.7 Å². The van der Waals surface area contributed by atoms with Crippen LogP contribution < -0.4 is 10.6 Å². The summed E-state index contributed by atoms with van der Waals surface area (Å²) >= 11 is 1.20. The highest BCUT2D eigenvalue weighted by atomic mass is 32.1. The van der Waals surface area contributed by atoms with Crippen molar-refractivity contribution in [2.75, 3.05) is 18.1 Å². The molecule has 0 saturated carbocycles. The molecule has 0 aliphatic rings. The number of halogens is 1. The first-order valence-corrected chi connectivity index (χ1v) is 7.90. The predicted molar refractivity (Wildman–Crippen MR) is 87.2 cm³/mol. The van der Waals surface area contributed by atoms with Gasteiger partial charge in [0.25, 0.3) is 5.91 Å². The number of amides is 2. The van der Waals surface area contributed by atoms with Gasteiger partial charge in [0, 0.05) is 18.7 Å². The van der Waals surface area contributed by atoms with Crippen molar-refractivity contribution in [1.82, 2.24) is 0 Å². The van der Waals surface area contributed by atoms with Crippen LogP contribution in [0.1, 0.15) is 16.1 Å². The van der Waals surface area contributed by atoms with E-state index in [1.165, 1.54) is 40.5 Å². The van der Waals surface area contributed by atoms with Crippen molar-refractivity contribution in [3.05, 3.63) is 52.5 Å². The topological polar surface area (TPSA) is 89.7 Å². The summed E-state index contributed by atoms with van der Waals surface area (Å²) in [4.78, 5) is 36.7. The molecule has 1 aromatic carbocycles. The smallest absolute Gasteiger partial charge is 0.348 e. The molecule has 1 aromatic heterocycles. The number of carbonyl (C=O) groups excluding carboxylic acids is 3. The third kappa shape index (κ3) is 4.88. The summed E-state index contributed by atoms with van der Waals surface area (Å²) in [6, 6.07) is 8.46. The Morgan fingerprint density at radius 3 is 2.46 bits per heavy atom. The molecule has 0 fully saturated rings. The van der Waals surface area contributed by atoms with Crippen LogP contribution in [0.25, 0.3) is 0 Å². The number of benzene rings is 1. The lowest BCUT2D eigenvalue weighted by Crippen LogP contribution is -2.37. The van der Waals surface area contributed by atoms with Gasteiger partial charge in [-0.2, -0.15) is 0 Å². The molecule has 0 spiro atoms. The van der Waals surface area contributed by atoms with Crippen LogP contribution >= 0.6 is 11.3 Å². The summed E-state index contributed by atoms with van der Waals surface area (Å²) in [6.07, 6.45) is -0.0675. The highest BCUT2D eigenvalue weighted by Crippen LogP contribution is 2.16. The average molecular weight is 350 g/mol. The van der Waals surface area contributed by atoms with Crippen LogP contribution in [-0.2, 0) is 14.3 Å². The minimum absolute atomic E-state index is 0.0103. The number of nitrogens with two attached hydrogens (primary N) is 1. The molecule has 8 heteroatoms. The summed E-state index contributed by atoms with van der Waals surface area (Å²) in [6.45, 7) is -0.483. The van der Waals surface area contributed by atoms with E-state index in [4.69, 9.17) is 10.5 Å². The second-order valence-corrected chi connectivity index (χ2v) is 5.74. The molecule has 2 aromatic rings. The molecule has 0 atom stereocenters. The monoisotopic (exact) mass is 350 g/mol. The predicted octanol–water partition coefficient (Wildman–Crippen LogP) is 1.95. The maximum Gasteiger partial charge on any atom is 0.348 e. The number of thiophene rings is 1. The number of hydrogen-bond donors (Lipinski definition) is 1. The van der Waals surface area contributed by atoms with E-state index in [-0.39, 0.29) is 13.0 Å². The van der Waals surface area contributed by atoms with E-state index < -0.39 is 30.2 Å². The Kier molecular flexibility index (Phi) is 6.02. The number of rotatable bonds is 7. The Morgan fingerprint density at radius 1 is 1.17 bits per heavy atom. The van der Waals surface area contributed by atoms with E-state index >= 15 is 0 Å². The van der Waals surface area contributed by atoms with Gasteiger partial charge >= 0.3 is 5.97 Å². The van der Waals surface area contributed by atoms with Gasteiger partial charge in [0.15, 0.2) is 6.61 Å². The lowest BCUT2D eigenvalue weighted by atomic mass is 10.2. The van der Waals surface area contributed by atoms with Gasteiger partial charge in [-0.15, -0.1) is 11.3 Å². The molecule has 2 rings (SSSR count). The summed E-state index contributed by atoms with van der Waals surface area (Å²) in [5, 5.41) is 1.72. The van der Waals surface area contributed by atoms with Crippen LogP contribution in [0, 0.1) is 5.82 Å². The number of hydrogen-bond acceptors (Lipinski definition) is 5. The molecule has 6 nitrogen and oxygen atoms in total. The van der Waals surface area contributed by atoms with Crippen molar-refractivity contribution in [3.8, 4) is 0 Å². The molecule has 1 heterocycles. The van der Waals surface area contributed by atoms with Crippen LogP contribution in [-0.4, -0.2) is 30.9 Å². The van der Waals surface area contributed by atoms with Crippen molar-refractivity contribution in [3.63, 3.8) is 0 Å². The van der Waals surface area contributed by atoms with Gasteiger partial charge in [0.2, 0.25) is 5.91 Å². The Bertz CT molecular complexity index is 716. The Labute approximate surface area is 141 Å². The number of nitrogens with zero attached hydrogens (tertiary/aromatic N) is 1. The number of anilines is 1. The Morgan fingerprint density at radius 2 is 1.88 bits per heavy atom. The van der Waals surface area contributed by atoms with E-state index in [0.29, 0.717) is 10.6 Å². The lowest BCUT2D eigenvalue weighted by molar-refractivity contribution is -0.121. The molecule has 126 valence electrons. The van der Waals surface area contributed by atoms with E-state index in [9.17, 15) is 18.8 Å². The zero-order valence-corrected chi connectivity index (χ0v) is 13.4. The SMILES string of the molecule is NC(=O)CCN(C(=O)COC(=O)c1cccs1)c1ccc(F)cc1. The van der Waals surface area contributed by atoms with Gasteiger partial charge in [-0.3, -0.25) is 9.59 Å². The number of esters is 1. The van der Waals surface area contributed by atoms with Crippen LogP contribution in [0.4, 0.5) is 10.1 Å². The molecule has 0 saturated heterocycles. The number of ether oxygens (including phenoxy) is 1. The zero-order chi connectivity index (χ0) is 17.5. The van der Waals surface area contributed by atoms with E-state index in [2.05, 4.69) is 0 Å². The van der Waals surface area contributed by atoms with Crippen LogP contribution in [0.3, 0.4) is 0 Å². The highest BCUT2D eigenvalue weighted by molar-refractivity contribution is 7.11. The van der Waals surface area contributed by atoms with E-state index in [1.54, 1.807) is 17.5 Å². The van der Waals surface area contributed by atoms with Gasteiger partial charge < -0.3 is 15.4 Å². The first-order valence-electron chi connectivity index (χ1n) is 7.02. The molecule has 2 N–H and O–H groups in total. The second-order valence-electron chi connectivity index (χ2n) is 4.79. The summed E-state index contributed by atoms with van der Waals surface area (Å²) in [5.41, 5.74) is 5.49. The van der Waals surface area contributed by atoms with Gasteiger partial charge in [-0.1, -0.05) is 6.07 Å². The molecule has 0 aliphatic heterocycles. The molecular formula is C16H15FN2O4S. The fraction of sp³-hybridized carbons (Fsp3) is 0.188. The highest BCUT2D eigenvalue weighted by Gasteiger charge is 2.19. The van der Waals surface area contributed by atoms with Crippen LogP contribution in [0.15, 0.2) is 41.8 Å². The van der Waals surface area contributed by atoms with E-state index in [1.807, 2.05) is 0 Å². The second kappa shape index (κ2) is 8.21. The first-order chi connectivity index (χ1) is 11.5. The fourth-order valence-electron chi connectivity index (χ4n) is 1.91. The lowest BCUT2D eigenvalue weighted by Gasteiger charge is -2.22. The molecule has 0 radical (unpaired) electrons. The van der Waals surface area contributed by atoms with Gasteiger partial charge in [0.05, 0.1) is 0 Å². The molecule has 0 aliphatic carbocycles. The summed E-state index contributed by atoms with van der Waals surface area (Å²) in [5.74, 6) is -2.17. The maximum absolute atomic E-state index is 13.0. The molecule has 24 heavy (non-hydrogen) atoms. The van der Waals surface area contributed by atoms with E-state index in [0.717, 1.165) is 0 Å². The standard InChI is InChI=1S/C16H15FN2O4S/c17-11-3-5-12(6-4-11)19(8-7-14(18)20)15(21)10-23-16(22)13-2-1-9-24-13/h1-6,9H,7-8,10H2,(H2,18,20). The average Bonchev–Trinajstić information content (AvgIpc) is 3.08. The maximum atomic E-state index is 13.0. The van der Waals surface area contributed by atoms with Crippen LogP contribution in [0.2, 0.25) is 0 Å². The molecule has 0 unspecified atom stereocenters. The Balaban J connectivity index is 2.04. The third-order valence-electron chi connectivity index (χ3n) is 3.07. The molecule has 2 amide bonds. The van der Waals surface area contributed by atoms with Gasteiger partial charge in [-0.25, -0.2) is 9.18 Å². The van der Waals surface area contributed by atoms with Crippen LogP contribution in [0.5, 0.6) is 0 Å². The van der Waals surface area contributed by atoms with Crippen molar-refractivity contribution < 1.29 is 23.5 Å². The Hall–Kier alpha value is -2.74. The third-order valence-corrected chi connectivity index (χ3v) is 3.92. The fourth-order valence-corrected chi connectivity index (χ4v) is 2.53. The van der Waals surface area contributed by atoms with Crippen molar-refractivity contribution in [2.45, 2.75) is 6.42 Å². The summed E-state index contributed by atoms with van der Waals surface area (Å²) in [7, 11) is 0. The number of primary amides is 1. The number of carbonyl (C=O) groups is 3. The quantitative estimate of drug-likeness (QED) is 0.773. The van der Waals surface area contributed by atoms with Crippen molar-refractivity contribution in [1.29, 1.82) is 0 Å². The first kappa shape index (κ1) is 17.6. The minimum atomic E-state index is -0.604. The summed E-state index contributed by atoms with van der Waals surface area (Å²) < 4.78 is 18.0.